The molecule has 0 saturated heterocycles. The van der Waals surface area contributed by atoms with Crippen LogP contribution in [0, 0.1) is 5.92 Å². The maximum atomic E-state index is 10.0. The van der Waals surface area contributed by atoms with E-state index in [0.717, 1.165) is 5.56 Å². The molecule has 1 heteroatoms. The average Bonchev–Trinajstić information content (AvgIpc) is 2.27. The van der Waals surface area contributed by atoms with Gasteiger partial charge in [0.15, 0.2) is 0 Å². The summed E-state index contributed by atoms with van der Waals surface area (Å²) in [6.45, 7) is 6.10. The van der Waals surface area contributed by atoms with Crippen LogP contribution >= 0.6 is 0 Å². The number of aliphatic hydroxyl groups is 1. The lowest BCUT2D eigenvalue weighted by atomic mass is 9.91. The van der Waals surface area contributed by atoms with E-state index < -0.39 is 6.10 Å². The minimum atomic E-state index is -0.396. The van der Waals surface area contributed by atoms with Crippen molar-refractivity contribution in [2.24, 2.45) is 5.92 Å². The highest BCUT2D eigenvalue weighted by Gasteiger charge is 2.16. The zero-order valence-corrected chi connectivity index (χ0v) is 9.07. The summed E-state index contributed by atoms with van der Waals surface area (Å²) >= 11 is 0. The van der Waals surface area contributed by atoms with Crippen LogP contribution in [0.4, 0.5) is 0 Å². The molecule has 0 aromatic heterocycles. The first-order valence-electron chi connectivity index (χ1n) is 5.02. The lowest BCUT2D eigenvalue weighted by molar-refractivity contribution is 0.134. The summed E-state index contributed by atoms with van der Waals surface area (Å²) in [5.41, 5.74) is 2.21. The number of benzene rings is 1. The molecule has 1 N–H and O–H groups in total. The molecular weight excluding hydrogens is 172 g/mol. The molecule has 1 aromatic rings. The van der Waals surface area contributed by atoms with Crippen molar-refractivity contribution in [2.75, 3.05) is 0 Å². The van der Waals surface area contributed by atoms with Gasteiger partial charge < -0.3 is 5.11 Å². The Balaban J connectivity index is 2.81. The molecule has 76 valence electrons. The topological polar surface area (TPSA) is 20.2 Å². The lowest BCUT2D eigenvalue weighted by Crippen LogP contribution is -2.10. The van der Waals surface area contributed by atoms with Crippen LogP contribution in [0.3, 0.4) is 0 Å². The molecule has 1 aromatic carbocycles. The van der Waals surface area contributed by atoms with E-state index in [1.54, 1.807) is 0 Å². The quantitative estimate of drug-likeness (QED) is 0.725. The van der Waals surface area contributed by atoms with Gasteiger partial charge in [0, 0.05) is 5.92 Å². The lowest BCUT2D eigenvalue weighted by Gasteiger charge is -2.19. The third kappa shape index (κ3) is 2.46. The molecule has 0 heterocycles. The van der Waals surface area contributed by atoms with Crippen LogP contribution in [0.15, 0.2) is 42.0 Å². The molecule has 0 bridgehead atoms. The molecule has 0 aliphatic rings. The van der Waals surface area contributed by atoms with Gasteiger partial charge in [-0.1, -0.05) is 48.9 Å². The van der Waals surface area contributed by atoms with E-state index in [1.165, 1.54) is 5.57 Å². The monoisotopic (exact) mass is 190 g/mol. The van der Waals surface area contributed by atoms with E-state index in [4.69, 9.17) is 0 Å². The van der Waals surface area contributed by atoms with Crippen molar-refractivity contribution in [3.8, 4) is 0 Å². The summed E-state index contributed by atoms with van der Waals surface area (Å²) in [5, 5.41) is 10.0. The first-order valence-corrected chi connectivity index (χ1v) is 5.02. The van der Waals surface area contributed by atoms with E-state index in [-0.39, 0.29) is 5.92 Å². The predicted octanol–water partition coefficient (Wildman–Crippen LogP) is 3.32. The largest absolute Gasteiger partial charge is 0.388 e. The van der Waals surface area contributed by atoms with E-state index in [2.05, 4.69) is 13.0 Å². The van der Waals surface area contributed by atoms with Crippen molar-refractivity contribution >= 4 is 0 Å². The van der Waals surface area contributed by atoms with Crippen LogP contribution < -0.4 is 0 Å². The first kappa shape index (κ1) is 11.0. The summed E-state index contributed by atoms with van der Waals surface area (Å²) in [4.78, 5) is 0. The highest BCUT2D eigenvalue weighted by molar-refractivity contribution is 5.20. The van der Waals surface area contributed by atoms with Gasteiger partial charge in [-0.15, -0.1) is 0 Å². The van der Waals surface area contributed by atoms with Crippen molar-refractivity contribution < 1.29 is 5.11 Å². The second kappa shape index (κ2) is 4.97. The fourth-order valence-electron chi connectivity index (χ4n) is 1.45. The zero-order chi connectivity index (χ0) is 10.6. The van der Waals surface area contributed by atoms with Gasteiger partial charge >= 0.3 is 0 Å². The summed E-state index contributed by atoms with van der Waals surface area (Å²) < 4.78 is 0. The van der Waals surface area contributed by atoms with E-state index >= 15 is 0 Å². The third-order valence-electron chi connectivity index (χ3n) is 2.79. The second-order valence-electron chi connectivity index (χ2n) is 3.68. The van der Waals surface area contributed by atoms with Crippen molar-refractivity contribution in [3.05, 3.63) is 47.5 Å². The summed E-state index contributed by atoms with van der Waals surface area (Å²) in [6.07, 6.45) is 1.66. The van der Waals surface area contributed by atoms with E-state index in [9.17, 15) is 5.11 Å². The fourth-order valence-corrected chi connectivity index (χ4v) is 1.45. The van der Waals surface area contributed by atoms with Crippen molar-refractivity contribution in [2.45, 2.75) is 26.9 Å². The number of hydrogen-bond donors (Lipinski definition) is 1. The van der Waals surface area contributed by atoms with E-state index in [1.807, 2.05) is 44.2 Å². The average molecular weight is 190 g/mol. The Hall–Kier alpha value is -1.08. The van der Waals surface area contributed by atoms with Gasteiger partial charge in [0.05, 0.1) is 6.10 Å². The molecule has 0 aliphatic carbocycles. The number of hydrogen-bond acceptors (Lipinski definition) is 1. The fraction of sp³-hybridized carbons (Fsp3) is 0.385. The van der Waals surface area contributed by atoms with Gasteiger partial charge in [-0.05, 0) is 19.4 Å². The molecule has 0 fully saturated rings. The van der Waals surface area contributed by atoms with Crippen LogP contribution in [-0.2, 0) is 0 Å². The molecule has 2 atom stereocenters. The maximum absolute atomic E-state index is 10.0. The van der Waals surface area contributed by atoms with Gasteiger partial charge in [-0.3, -0.25) is 0 Å². The summed E-state index contributed by atoms with van der Waals surface area (Å²) in [6, 6.07) is 9.80. The van der Waals surface area contributed by atoms with Gasteiger partial charge in [-0.25, -0.2) is 0 Å². The van der Waals surface area contributed by atoms with Crippen LogP contribution in [-0.4, -0.2) is 5.11 Å². The molecule has 0 amide bonds. The highest BCUT2D eigenvalue weighted by Crippen LogP contribution is 2.26. The standard InChI is InChI=1S/C13H18O/c1-4-10(2)11(3)13(14)12-8-6-5-7-9-12/h4-9,11,13-14H,1-3H3/b10-4+/t11-,13+/m1/s1. The third-order valence-corrected chi connectivity index (χ3v) is 2.79. The highest BCUT2D eigenvalue weighted by atomic mass is 16.3. The Kier molecular flexibility index (Phi) is 3.90. The van der Waals surface area contributed by atoms with Crippen molar-refractivity contribution in [1.82, 2.24) is 0 Å². The molecule has 0 spiro atoms. The smallest absolute Gasteiger partial charge is 0.0852 e. The zero-order valence-electron chi connectivity index (χ0n) is 9.07. The van der Waals surface area contributed by atoms with Crippen LogP contribution in [0.5, 0.6) is 0 Å². The van der Waals surface area contributed by atoms with Gasteiger partial charge in [0.1, 0.15) is 0 Å². The summed E-state index contributed by atoms with van der Waals surface area (Å²) in [5.74, 6) is 0.183. The number of allylic oxidation sites excluding steroid dienone is 1. The molecular formula is C13H18O. The Morgan fingerprint density at radius 3 is 2.36 bits per heavy atom. The SMILES string of the molecule is C/C=C(\C)[C@@H](C)[C@H](O)c1ccccc1. The predicted molar refractivity (Wildman–Crippen MR) is 60.0 cm³/mol. The molecule has 0 unspecified atom stereocenters. The van der Waals surface area contributed by atoms with Gasteiger partial charge in [0.25, 0.3) is 0 Å². The Morgan fingerprint density at radius 2 is 1.86 bits per heavy atom. The summed E-state index contributed by atoms with van der Waals surface area (Å²) in [7, 11) is 0. The normalized spacial score (nSPS) is 16.4. The van der Waals surface area contributed by atoms with Crippen LogP contribution in [0.1, 0.15) is 32.4 Å². The Labute approximate surface area is 86.1 Å². The Bertz CT molecular complexity index is 300. The van der Waals surface area contributed by atoms with Crippen molar-refractivity contribution in [3.63, 3.8) is 0 Å². The van der Waals surface area contributed by atoms with Crippen LogP contribution in [0.2, 0.25) is 0 Å². The maximum Gasteiger partial charge on any atom is 0.0852 e. The molecule has 0 radical (unpaired) electrons. The van der Waals surface area contributed by atoms with E-state index in [0.29, 0.717) is 0 Å². The number of aliphatic hydroxyl groups excluding tert-OH is 1. The minimum absolute atomic E-state index is 0.183. The molecule has 1 nitrogen and oxygen atoms in total. The first-order chi connectivity index (χ1) is 6.66. The van der Waals surface area contributed by atoms with Crippen LogP contribution in [0.25, 0.3) is 0 Å². The second-order valence-corrected chi connectivity index (χ2v) is 3.68. The van der Waals surface area contributed by atoms with Crippen molar-refractivity contribution in [1.29, 1.82) is 0 Å². The van der Waals surface area contributed by atoms with Gasteiger partial charge in [0.2, 0.25) is 0 Å². The number of rotatable bonds is 3. The molecule has 0 saturated carbocycles. The molecule has 14 heavy (non-hydrogen) atoms. The molecule has 0 aliphatic heterocycles. The minimum Gasteiger partial charge on any atom is -0.388 e. The Morgan fingerprint density at radius 1 is 1.29 bits per heavy atom. The van der Waals surface area contributed by atoms with Gasteiger partial charge in [-0.2, -0.15) is 0 Å². The molecule has 1 rings (SSSR count).